The number of benzene rings is 3. The second-order valence-electron chi connectivity index (χ2n) is 5.63. The van der Waals surface area contributed by atoms with Gasteiger partial charge in [-0.05, 0) is 36.4 Å². The van der Waals surface area contributed by atoms with Gasteiger partial charge >= 0.3 is 0 Å². The Labute approximate surface area is 177 Å². The van der Waals surface area contributed by atoms with Gasteiger partial charge in [-0.25, -0.2) is 0 Å². The summed E-state index contributed by atoms with van der Waals surface area (Å²) in [6.07, 6.45) is 1.44. The molecule has 0 aliphatic heterocycles. The van der Waals surface area contributed by atoms with Gasteiger partial charge in [0.15, 0.2) is 6.61 Å². The van der Waals surface area contributed by atoms with Crippen LogP contribution in [-0.4, -0.2) is 18.7 Å². The zero-order valence-corrected chi connectivity index (χ0v) is 17.0. The molecular formula is C21H16Cl2N2O2S. The van der Waals surface area contributed by atoms with Crippen molar-refractivity contribution in [1.82, 2.24) is 0 Å². The Morgan fingerprint density at radius 2 is 1.79 bits per heavy atom. The number of para-hydroxylation sites is 1. The van der Waals surface area contributed by atoms with Gasteiger partial charge in [0.1, 0.15) is 0 Å². The zero-order valence-electron chi connectivity index (χ0n) is 14.6. The molecule has 4 nitrogen and oxygen atoms in total. The van der Waals surface area contributed by atoms with E-state index in [2.05, 4.69) is 10.5 Å². The van der Waals surface area contributed by atoms with Gasteiger partial charge in [0.2, 0.25) is 0 Å². The number of nitrogens with one attached hydrogen (secondary N) is 1. The van der Waals surface area contributed by atoms with Crippen LogP contribution in [0.2, 0.25) is 10.0 Å². The molecule has 0 saturated carbocycles. The molecule has 0 bridgehead atoms. The van der Waals surface area contributed by atoms with Crippen LogP contribution >= 0.6 is 35.0 Å². The number of hydrogen-bond acceptors (Lipinski definition) is 4. The van der Waals surface area contributed by atoms with Gasteiger partial charge < -0.3 is 10.2 Å². The highest BCUT2D eigenvalue weighted by molar-refractivity contribution is 7.99. The predicted molar refractivity (Wildman–Crippen MR) is 116 cm³/mol. The average molecular weight is 431 g/mol. The fraction of sp³-hybridized carbons (Fsp3) is 0.0476. The Balaban J connectivity index is 1.56. The minimum Gasteiger partial charge on any atom is -0.386 e. The van der Waals surface area contributed by atoms with E-state index in [1.165, 1.54) is 6.21 Å². The Morgan fingerprint density at radius 3 is 2.57 bits per heavy atom. The maximum absolute atomic E-state index is 12.2. The van der Waals surface area contributed by atoms with Gasteiger partial charge in [-0.1, -0.05) is 76.5 Å². The lowest BCUT2D eigenvalue weighted by Gasteiger charge is -2.10. The first kappa shape index (κ1) is 20.3. The molecule has 3 aromatic rings. The molecule has 0 unspecified atom stereocenters. The van der Waals surface area contributed by atoms with Crippen molar-refractivity contribution in [3.63, 3.8) is 0 Å². The van der Waals surface area contributed by atoms with E-state index in [1.807, 2.05) is 54.6 Å². The molecule has 0 aliphatic rings. The highest BCUT2D eigenvalue weighted by Gasteiger charge is 2.08. The van der Waals surface area contributed by atoms with E-state index in [0.29, 0.717) is 15.6 Å². The van der Waals surface area contributed by atoms with E-state index in [-0.39, 0.29) is 12.5 Å². The van der Waals surface area contributed by atoms with Crippen LogP contribution in [-0.2, 0) is 9.63 Å². The third-order valence-corrected chi connectivity index (χ3v) is 5.20. The second-order valence-corrected chi connectivity index (χ2v) is 7.59. The van der Waals surface area contributed by atoms with Crippen molar-refractivity contribution in [1.29, 1.82) is 0 Å². The normalized spacial score (nSPS) is 10.8. The van der Waals surface area contributed by atoms with Crippen molar-refractivity contribution < 1.29 is 9.63 Å². The van der Waals surface area contributed by atoms with Crippen LogP contribution in [0.5, 0.6) is 0 Å². The number of anilines is 1. The van der Waals surface area contributed by atoms with E-state index in [1.54, 1.807) is 30.0 Å². The fourth-order valence-corrected chi connectivity index (χ4v) is 3.64. The minimum absolute atomic E-state index is 0.216. The van der Waals surface area contributed by atoms with Gasteiger partial charge in [-0.15, -0.1) is 0 Å². The molecule has 142 valence electrons. The number of hydrogen-bond donors (Lipinski definition) is 1. The molecular weight excluding hydrogens is 415 g/mol. The number of nitrogens with zero attached hydrogens (tertiary/aromatic N) is 1. The summed E-state index contributed by atoms with van der Waals surface area (Å²) in [7, 11) is 0. The summed E-state index contributed by atoms with van der Waals surface area (Å²) in [6.45, 7) is -0.216. The van der Waals surface area contributed by atoms with Gasteiger partial charge in [-0.2, -0.15) is 0 Å². The smallest absolute Gasteiger partial charge is 0.265 e. The van der Waals surface area contributed by atoms with Gasteiger partial charge in [0, 0.05) is 20.4 Å². The van der Waals surface area contributed by atoms with Crippen molar-refractivity contribution in [2.75, 3.05) is 11.9 Å². The van der Waals surface area contributed by atoms with Gasteiger partial charge in [0.05, 0.1) is 16.9 Å². The summed E-state index contributed by atoms with van der Waals surface area (Å²) in [5.41, 5.74) is 1.37. The maximum Gasteiger partial charge on any atom is 0.265 e. The lowest BCUT2D eigenvalue weighted by Crippen LogP contribution is -2.17. The number of oxime groups is 1. The summed E-state index contributed by atoms with van der Waals surface area (Å²) in [5.74, 6) is -0.305. The van der Waals surface area contributed by atoms with Crippen LogP contribution in [0.1, 0.15) is 5.56 Å². The third-order valence-electron chi connectivity index (χ3n) is 3.56. The molecule has 0 aliphatic carbocycles. The van der Waals surface area contributed by atoms with Crippen LogP contribution in [0.4, 0.5) is 5.69 Å². The Hall–Kier alpha value is -2.47. The van der Waals surface area contributed by atoms with Crippen LogP contribution < -0.4 is 5.32 Å². The predicted octanol–water partition coefficient (Wildman–Crippen LogP) is 6.13. The van der Waals surface area contributed by atoms with Crippen molar-refractivity contribution >= 4 is 52.8 Å². The molecule has 0 heterocycles. The van der Waals surface area contributed by atoms with E-state index < -0.39 is 0 Å². The highest BCUT2D eigenvalue weighted by atomic mass is 35.5. The number of amides is 1. The van der Waals surface area contributed by atoms with E-state index in [9.17, 15) is 4.79 Å². The SMILES string of the molecule is O=C(CO/N=C/c1ccc(Cl)cc1Cl)Nc1ccccc1Sc1ccccc1. The van der Waals surface area contributed by atoms with Gasteiger partial charge in [-0.3, -0.25) is 4.79 Å². The van der Waals surface area contributed by atoms with Crippen LogP contribution in [0.3, 0.4) is 0 Å². The number of halogens is 2. The third kappa shape index (κ3) is 6.02. The highest BCUT2D eigenvalue weighted by Crippen LogP contribution is 2.33. The van der Waals surface area contributed by atoms with Crippen molar-refractivity contribution in [2.45, 2.75) is 9.79 Å². The van der Waals surface area contributed by atoms with E-state index in [4.69, 9.17) is 28.0 Å². The van der Waals surface area contributed by atoms with E-state index >= 15 is 0 Å². The first-order valence-electron chi connectivity index (χ1n) is 8.34. The van der Waals surface area contributed by atoms with Crippen molar-refractivity contribution in [3.05, 3.63) is 88.4 Å². The largest absolute Gasteiger partial charge is 0.386 e. The Bertz CT molecular complexity index is 981. The molecule has 0 radical (unpaired) electrons. The molecule has 0 saturated heterocycles. The number of carbonyl (C=O) groups excluding carboxylic acids is 1. The van der Waals surface area contributed by atoms with Crippen molar-refractivity contribution in [3.8, 4) is 0 Å². The lowest BCUT2D eigenvalue weighted by molar-refractivity contribution is -0.120. The summed E-state index contributed by atoms with van der Waals surface area (Å²) in [5, 5.41) is 7.62. The molecule has 0 atom stereocenters. The minimum atomic E-state index is -0.305. The maximum atomic E-state index is 12.2. The van der Waals surface area contributed by atoms with E-state index in [0.717, 1.165) is 15.5 Å². The summed E-state index contributed by atoms with van der Waals surface area (Å²) in [4.78, 5) is 19.3. The number of carbonyl (C=O) groups is 1. The Morgan fingerprint density at radius 1 is 1.04 bits per heavy atom. The Kier molecular flexibility index (Phi) is 7.37. The quantitative estimate of drug-likeness (QED) is 0.362. The molecule has 3 aromatic carbocycles. The summed E-state index contributed by atoms with van der Waals surface area (Å²) >= 11 is 13.5. The summed E-state index contributed by atoms with van der Waals surface area (Å²) in [6, 6.07) is 22.6. The molecule has 7 heteroatoms. The second kappa shape index (κ2) is 10.2. The standard InChI is InChI=1S/C21H16Cl2N2O2S/c22-16-11-10-15(18(23)12-16)13-24-27-14-21(26)25-19-8-4-5-9-20(19)28-17-6-2-1-3-7-17/h1-13H,14H2,(H,25,26)/b24-13+. The number of rotatable bonds is 7. The molecule has 0 aromatic heterocycles. The van der Waals surface area contributed by atoms with Gasteiger partial charge in [0.25, 0.3) is 5.91 Å². The van der Waals surface area contributed by atoms with Crippen LogP contribution in [0.15, 0.2) is 87.7 Å². The van der Waals surface area contributed by atoms with Crippen molar-refractivity contribution in [2.24, 2.45) is 5.16 Å². The molecule has 1 amide bonds. The average Bonchev–Trinajstić information content (AvgIpc) is 2.69. The molecule has 1 N–H and O–H groups in total. The summed E-state index contributed by atoms with van der Waals surface area (Å²) < 4.78 is 0. The topological polar surface area (TPSA) is 50.7 Å². The molecule has 28 heavy (non-hydrogen) atoms. The monoisotopic (exact) mass is 430 g/mol. The van der Waals surface area contributed by atoms with Crippen LogP contribution in [0, 0.1) is 0 Å². The zero-order chi connectivity index (χ0) is 19.8. The van der Waals surface area contributed by atoms with Crippen LogP contribution in [0.25, 0.3) is 0 Å². The molecule has 0 spiro atoms. The lowest BCUT2D eigenvalue weighted by atomic mass is 10.2. The molecule has 3 rings (SSSR count). The fourth-order valence-electron chi connectivity index (χ4n) is 2.26. The first-order valence-corrected chi connectivity index (χ1v) is 9.91. The molecule has 0 fully saturated rings. The first-order chi connectivity index (χ1) is 13.6.